The maximum absolute atomic E-state index is 12.3. The molecule has 0 aromatic heterocycles. The number of ether oxygens (including phenoxy) is 1. The van der Waals surface area contributed by atoms with Crippen molar-refractivity contribution in [3.05, 3.63) is 84.9 Å². The number of carbonyl (C=O) groups is 1. The monoisotopic (exact) mass is 377 g/mol. The standard InChI is InChI=1S/C24H25O2S/c1-4-24(2,3)23(25)26-19-15-17-22(18-16-19)27(20-11-7-5-8-12-20)21-13-9-6-10-14-21/h5-18H,4H2,1-3H3/q+1. The van der Waals surface area contributed by atoms with Crippen molar-refractivity contribution in [2.75, 3.05) is 0 Å². The van der Waals surface area contributed by atoms with Crippen molar-refractivity contribution in [3.63, 3.8) is 0 Å². The van der Waals surface area contributed by atoms with E-state index in [4.69, 9.17) is 4.74 Å². The molecule has 138 valence electrons. The van der Waals surface area contributed by atoms with Crippen LogP contribution < -0.4 is 4.74 Å². The first kappa shape index (κ1) is 19.2. The Morgan fingerprint density at radius 1 is 0.778 bits per heavy atom. The summed E-state index contributed by atoms with van der Waals surface area (Å²) < 4.78 is 5.58. The predicted octanol–water partition coefficient (Wildman–Crippen LogP) is 6.12. The van der Waals surface area contributed by atoms with Gasteiger partial charge in [0.05, 0.1) is 16.3 Å². The first-order valence-corrected chi connectivity index (χ1v) is 10.4. The Balaban J connectivity index is 1.90. The van der Waals surface area contributed by atoms with Crippen molar-refractivity contribution >= 4 is 16.9 Å². The maximum atomic E-state index is 12.3. The van der Waals surface area contributed by atoms with Crippen LogP contribution in [0.15, 0.2) is 99.6 Å². The molecule has 3 aromatic rings. The Bertz CT molecular complexity index is 832. The highest BCUT2D eigenvalue weighted by molar-refractivity contribution is 7.97. The molecule has 0 aliphatic heterocycles. The van der Waals surface area contributed by atoms with Gasteiger partial charge in [-0.05, 0) is 68.8 Å². The Labute approximate surface area is 164 Å². The molecule has 0 fully saturated rings. The summed E-state index contributed by atoms with van der Waals surface area (Å²) in [5.74, 6) is 0.401. The first-order valence-electron chi connectivity index (χ1n) is 9.18. The zero-order valence-corrected chi connectivity index (χ0v) is 16.8. The zero-order chi connectivity index (χ0) is 19.3. The molecule has 0 saturated heterocycles. The van der Waals surface area contributed by atoms with Crippen molar-refractivity contribution in [2.45, 2.75) is 41.9 Å². The number of rotatable bonds is 6. The van der Waals surface area contributed by atoms with Crippen LogP contribution in [0, 0.1) is 5.41 Å². The van der Waals surface area contributed by atoms with Gasteiger partial charge in [-0.2, -0.15) is 0 Å². The third-order valence-corrected chi connectivity index (χ3v) is 6.89. The van der Waals surface area contributed by atoms with E-state index in [0.717, 1.165) is 6.42 Å². The lowest BCUT2D eigenvalue weighted by Gasteiger charge is -2.20. The number of benzene rings is 3. The molecule has 0 unspecified atom stereocenters. The molecule has 3 rings (SSSR count). The fraction of sp³-hybridized carbons (Fsp3) is 0.208. The summed E-state index contributed by atoms with van der Waals surface area (Å²) in [6.45, 7) is 5.81. The third kappa shape index (κ3) is 4.61. The van der Waals surface area contributed by atoms with Crippen LogP contribution >= 0.6 is 0 Å². The molecule has 2 nitrogen and oxygen atoms in total. The summed E-state index contributed by atoms with van der Waals surface area (Å²) >= 11 is 0. The average Bonchev–Trinajstić information content (AvgIpc) is 2.71. The van der Waals surface area contributed by atoms with Gasteiger partial charge >= 0.3 is 5.97 Å². The minimum Gasteiger partial charge on any atom is -0.426 e. The van der Waals surface area contributed by atoms with E-state index < -0.39 is 5.41 Å². The molecular formula is C24H25O2S+. The van der Waals surface area contributed by atoms with Crippen molar-refractivity contribution < 1.29 is 9.53 Å². The maximum Gasteiger partial charge on any atom is 0.316 e. The van der Waals surface area contributed by atoms with Crippen LogP contribution in [0.3, 0.4) is 0 Å². The molecule has 3 heteroatoms. The van der Waals surface area contributed by atoms with E-state index in [9.17, 15) is 4.79 Å². The Morgan fingerprint density at radius 3 is 1.67 bits per heavy atom. The summed E-state index contributed by atoms with van der Waals surface area (Å²) in [6.07, 6.45) is 0.745. The van der Waals surface area contributed by atoms with E-state index in [2.05, 4.69) is 60.7 Å². The van der Waals surface area contributed by atoms with Crippen LogP contribution in [0.25, 0.3) is 0 Å². The molecule has 0 heterocycles. The molecule has 0 bridgehead atoms. The van der Waals surface area contributed by atoms with Gasteiger partial charge < -0.3 is 4.74 Å². The van der Waals surface area contributed by atoms with Crippen molar-refractivity contribution in [2.24, 2.45) is 5.41 Å². The average molecular weight is 378 g/mol. The molecule has 3 aromatic carbocycles. The van der Waals surface area contributed by atoms with E-state index in [0.29, 0.717) is 5.75 Å². The quantitative estimate of drug-likeness (QED) is 0.294. The van der Waals surface area contributed by atoms with Crippen LogP contribution in [0.5, 0.6) is 5.75 Å². The largest absolute Gasteiger partial charge is 0.426 e. The van der Waals surface area contributed by atoms with Crippen molar-refractivity contribution in [1.82, 2.24) is 0 Å². The fourth-order valence-corrected chi connectivity index (χ4v) is 4.64. The number of esters is 1. The second kappa shape index (κ2) is 8.45. The second-order valence-corrected chi connectivity index (χ2v) is 9.06. The van der Waals surface area contributed by atoms with Gasteiger partial charge in [-0.1, -0.05) is 43.3 Å². The highest BCUT2D eigenvalue weighted by Gasteiger charge is 2.30. The second-order valence-electron chi connectivity index (χ2n) is 7.03. The summed E-state index contributed by atoms with van der Waals surface area (Å²) in [5.41, 5.74) is -0.475. The topological polar surface area (TPSA) is 26.3 Å². The van der Waals surface area contributed by atoms with Gasteiger partial charge in [0.1, 0.15) is 5.75 Å². The lowest BCUT2D eigenvalue weighted by molar-refractivity contribution is -0.144. The molecule has 0 spiro atoms. The normalized spacial score (nSPS) is 11.4. The third-order valence-electron chi connectivity index (χ3n) is 4.66. The highest BCUT2D eigenvalue weighted by Crippen LogP contribution is 2.32. The van der Waals surface area contributed by atoms with E-state index in [1.54, 1.807) is 0 Å². The fourth-order valence-electron chi connectivity index (χ4n) is 2.55. The van der Waals surface area contributed by atoms with Gasteiger partial charge in [0, 0.05) is 0 Å². The molecule has 0 radical (unpaired) electrons. The van der Waals surface area contributed by atoms with E-state index in [-0.39, 0.29) is 16.9 Å². The minimum atomic E-state index is -0.475. The lowest BCUT2D eigenvalue weighted by Crippen LogP contribution is -2.28. The molecule has 0 atom stereocenters. The Morgan fingerprint density at radius 2 is 1.22 bits per heavy atom. The SMILES string of the molecule is CCC(C)(C)C(=O)Oc1ccc([S+](c2ccccc2)c2ccccc2)cc1. The molecule has 27 heavy (non-hydrogen) atoms. The summed E-state index contributed by atoms with van der Waals surface area (Å²) in [7, 11) is -0.195. The van der Waals surface area contributed by atoms with E-state index >= 15 is 0 Å². The van der Waals surface area contributed by atoms with Gasteiger partial charge in [0.15, 0.2) is 14.7 Å². The van der Waals surface area contributed by atoms with Crippen LogP contribution in [-0.4, -0.2) is 5.97 Å². The predicted molar refractivity (Wildman–Crippen MR) is 111 cm³/mol. The van der Waals surface area contributed by atoms with Gasteiger partial charge in [0.2, 0.25) is 0 Å². The van der Waals surface area contributed by atoms with E-state index in [1.807, 2.05) is 45.0 Å². The summed E-state index contributed by atoms with van der Waals surface area (Å²) in [4.78, 5) is 16.0. The molecule has 0 aliphatic carbocycles. The van der Waals surface area contributed by atoms with Gasteiger partial charge in [-0.25, -0.2) is 0 Å². The molecule has 0 aliphatic rings. The number of carbonyl (C=O) groups excluding carboxylic acids is 1. The molecule has 0 amide bonds. The van der Waals surface area contributed by atoms with Gasteiger partial charge in [-0.15, -0.1) is 0 Å². The van der Waals surface area contributed by atoms with E-state index in [1.165, 1.54) is 14.7 Å². The van der Waals surface area contributed by atoms with Crippen LogP contribution in [-0.2, 0) is 15.7 Å². The molecule has 0 N–H and O–H groups in total. The Kier molecular flexibility index (Phi) is 6.02. The number of hydrogen-bond acceptors (Lipinski definition) is 2. The minimum absolute atomic E-state index is 0.192. The first-order chi connectivity index (χ1) is 13.0. The smallest absolute Gasteiger partial charge is 0.316 e. The van der Waals surface area contributed by atoms with Crippen LogP contribution in [0.4, 0.5) is 0 Å². The molecule has 0 saturated carbocycles. The lowest BCUT2D eigenvalue weighted by atomic mass is 9.91. The van der Waals surface area contributed by atoms with Gasteiger partial charge in [0.25, 0.3) is 0 Å². The van der Waals surface area contributed by atoms with Crippen molar-refractivity contribution in [1.29, 1.82) is 0 Å². The zero-order valence-electron chi connectivity index (χ0n) is 16.0. The Hall–Kier alpha value is -2.52. The number of hydrogen-bond donors (Lipinski definition) is 0. The molecular weight excluding hydrogens is 352 g/mol. The van der Waals surface area contributed by atoms with Crippen LogP contribution in [0.1, 0.15) is 27.2 Å². The summed E-state index contributed by atoms with van der Waals surface area (Å²) in [6, 6.07) is 28.9. The summed E-state index contributed by atoms with van der Waals surface area (Å²) in [5, 5.41) is 0. The van der Waals surface area contributed by atoms with Gasteiger partial charge in [-0.3, -0.25) is 4.79 Å². The van der Waals surface area contributed by atoms with Crippen LogP contribution in [0.2, 0.25) is 0 Å². The van der Waals surface area contributed by atoms with Crippen molar-refractivity contribution in [3.8, 4) is 5.75 Å². The highest BCUT2D eigenvalue weighted by atomic mass is 32.2.